The number of hydrogen-bond acceptors (Lipinski definition) is 6. The fourth-order valence-corrected chi connectivity index (χ4v) is 1.44. The molecule has 1 aromatic heterocycles. The van der Waals surface area contributed by atoms with Crippen LogP contribution in [0.4, 0.5) is 5.82 Å². The topological polar surface area (TPSA) is 122 Å². The molecule has 0 saturated carbocycles. The second kappa shape index (κ2) is 6.01. The SMILES string of the molecule is COC(=O)c1nc(C)n(CCOCC(N)=O)c1N. The van der Waals surface area contributed by atoms with Gasteiger partial charge in [0.15, 0.2) is 5.69 Å². The standard InChI is InChI=1S/C10H16N4O4/c1-6-13-8(10(16)17-2)9(12)14(6)3-4-18-5-7(11)15/h3-5,12H2,1-2H3,(H2,11,15). The molecule has 0 radical (unpaired) electrons. The number of carbonyl (C=O) groups is 2. The number of rotatable bonds is 6. The summed E-state index contributed by atoms with van der Waals surface area (Å²) in [5, 5.41) is 0. The summed E-state index contributed by atoms with van der Waals surface area (Å²) in [6.45, 7) is 2.16. The fraction of sp³-hybridized carbons (Fsp3) is 0.500. The van der Waals surface area contributed by atoms with Gasteiger partial charge in [0.1, 0.15) is 18.2 Å². The second-order valence-corrected chi connectivity index (χ2v) is 3.55. The van der Waals surface area contributed by atoms with Gasteiger partial charge in [-0.2, -0.15) is 0 Å². The van der Waals surface area contributed by atoms with Gasteiger partial charge in [-0.1, -0.05) is 0 Å². The Bertz CT molecular complexity index is 455. The van der Waals surface area contributed by atoms with E-state index in [1.807, 2.05) is 0 Å². The minimum atomic E-state index is -0.590. The van der Waals surface area contributed by atoms with Crippen LogP contribution in [0.1, 0.15) is 16.3 Å². The van der Waals surface area contributed by atoms with Crippen LogP contribution in [0.3, 0.4) is 0 Å². The van der Waals surface area contributed by atoms with E-state index in [1.165, 1.54) is 7.11 Å². The summed E-state index contributed by atoms with van der Waals surface area (Å²) in [4.78, 5) is 25.8. The number of hydrogen-bond donors (Lipinski definition) is 2. The van der Waals surface area contributed by atoms with Gasteiger partial charge in [0, 0.05) is 6.54 Å². The van der Waals surface area contributed by atoms with Crippen molar-refractivity contribution < 1.29 is 19.1 Å². The minimum Gasteiger partial charge on any atom is -0.464 e. The Hall–Kier alpha value is -2.09. The predicted molar refractivity (Wildman–Crippen MR) is 62.7 cm³/mol. The van der Waals surface area contributed by atoms with Gasteiger partial charge < -0.3 is 25.5 Å². The third kappa shape index (κ3) is 3.20. The smallest absolute Gasteiger partial charge is 0.360 e. The van der Waals surface area contributed by atoms with Crippen LogP contribution in [-0.2, 0) is 20.8 Å². The van der Waals surface area contributed by atoms with Crippen LogP contribution in [0.5, 0.6) is 0 Å². The first kappa shape index (κ1) is 14.0. The molecule has 1 heterocycles. The Kier molecular flexibility index (Phi) is 4.67. The molecule has 0 fully saturated rings. The molecule has 0 spiro atoms. The quantitative estimate of drug-likeness (QED) is 0.500. The molecule has 0 aromatic carbocycles. The number of aryl methyl sites for hydroxylation is 1. The summed E-state index contributed by atoms with van der Waals surface area (Å²) in [5.41, 5.74) is 10.8. The molecule has 0 saturated heterocycles. The Balaban J connectivity index is 2.69. The van der Waals surface area contributed by atoms with Crippen LogP contribution in [0.25, 0.3) is 0 Å². The molecular formula is C10H16N4O4. The van der Waals surface area contributed by atoms with E-state index in [9.17, 15) is 9.59 Å². The molecule has 4 N–H and O–H groups in total. The maximum atomic E-state index is 11.3. The number of nitrogen functional groups attached to an aromatic ring is 1. The highest BCUT2D eigenvalue weighted by Crippen LogP contribution is 2.14. The molecule has 8 heteroatoms. The Labute approximate surface area is 104 Å². The Morgan fingerprint density at radius 1 is 1.44 bits per heavy atom. The number of carbonyl (C=O) groups excluding carboxylic acids is 2. The first-order valence-corrected chi connectivity index (χ1v) is 5.24. The van der Waals surface area contributed by atoms with Gasteiger partial charge in [-0.25, -0.2) is 9.78 Å². The van der Waals surface area contributed by atoms with Crippen LogP contribution in [0.2, 0.25) is 0 Å². The van der Waals surface area contributed by atoms with Crippen molar-refractivity contribution in [2.24, 2.45) is 5.73 Å². The number of esters is 1. The van der Waals surface area contributed by atoms with Gasteiger partial charge in [-0.3, -0.25) is 4.79 Å². The number of methoxy groups -OCH3 is 1. The second-order valence-electron chi connectivity index (χ2n) is 3.55. The summed E-state index contributed by atoms with van der Waals surface area (Å²) in [6, 6.07) is 0. The Morgan fingerprint density at radius 2 is 2.11 bits per heavy atom. The van der Waals surface area contributed by atoms with Crippen molar-refractivity contribution in [2.75, 3.05) is 26.1 Å². The molecule has 0 bridgehead atoms. The van der Waals surface area contributed by atoms with Gasteiger partial charge in [0.25, 0.3) is 0 Å². The lowest BCUT2D eigenvalue weighted by Gasteiger charge is -2.07. The van der Waals surface area contributed by atoms with Crippen molar-refractivity contribution in [3.63, 3.8) is 0 Å². The molecular weight excluding hydrogens is 240 g/mol. The van der Waals surface area contributed by atoms with Crippen molar-refractivity contribution >= 4 is 17.7 Å². The number of amides is 1. The van der Waals surface area contributed by atoms with Crippen LogP contribution in [-0.4, -0.2) is 41.8 Å². The summed E-state index contributed by atoms with van der Waals surface area (Å²) >= 11 is 0. The van der Waals surface area contributed by atoms with E-state index in [2.05, 4.69) is 9.72 Å². The highest BCUT2D eigenvalue weighted by molar-refractivity contribution is 5.92. The van der Waals surface area contributed by atoms with Gasteiger partial charge in [0.2, 0.25) is 5.91 Å². The van der Waals surface area contributed by atoms with Gasteiger partial charge in [-0.15, -0.1) is 0 Å². The number of imidazole rings is 1. The summed E-state index contributed by atoms with van der Waals surface area (Å²) in [6.07, 6.45) is 0. The number of nitrogens with zero attached hydrogens (tertiary/aromatic N) is 2. The molecule has 0 aliphatic rings. The summed E-state index contributed by atoms with van der Waals surface area (Å²) in [7, 11) is 1.26. The lowest BCUT2D eigenvalue weighted by molar-refractivity contribution is -0.122. The molecule has 1 aromatic rings. The van der Waals surface area contributed by atoms with Crippen molar-refractivity contribution in [3.8, 4) is 0 Å². The van der Waals surface area contributed by atoms with E-state index < -0.39 is 11.9 Å². The summed E-state index contributed by atoms with van der Waals surface area (Å²) < 4.78 is 11.2. The first-order valence-electron chi connectivity index (χ1n) is 5.24. The highest BCUT2D eigenvalue weighted by atomic mass is 16.5. The monoisotopic (exact) mass is 256 g/mol. The molecule has 0 aliphatic carbocycles. The number of anilines is 1. The highest BCUT2D eigenvalue weighted by Gasteiger charge is 2.18. The molecule has 0 unspecified atom stereocenters. The van der Waals surface area contributed by atoms with Crippen molar-refractivity contribution in [3.05, 3.63) is 11.5 Å². The predicted octanol–water partition coefficient (Wildman–Crippen LogP) is -0.938. The van der Waals surface area contributed by atoms with E-state index in [1.54, 1.807) is 11.5 Å². The molecule has 18 heavy (non-hydrogen) atoms. The van der Waals surface area contributed by atoms with E-state index in [0.717, 1.165) is 0 Å². The van der Waals surface area contributed by atoms with Crippen LogP contribution < -0.4 is 11.5 Å². The zero-order valence-electron chi connectivity index (χ0n) is 10.3. The van der Waals surface area contributed by atoms with Crippen molar-refractivity contribution in [1.82, 2.24) is 9.55 Å². The van der Waals surface area contributed by atoms with E-state index in [0.29, 0.717) is 12.4 Å². The van der Waals surface area contributed by atoms with Gasteiger partial charge >= 0.3 is 5.97 Å². The van der Waals surface area contributed by atoms with E-state index >= 15 is 0 Å². The maximum Gasteiger partial charge on any atom is 0.360 e. The normalized spacial score (nSPS) is 10.3. The van der Waals surface area contributed by atoms with Crippen LogP contribution >= 0.6 is 0 Å². The van der Waals surface area contributed by atoms with Crippen molar-refractivity contribution in [1.29, 1.82) is 0 Å². The number of ether oxygens (including phenoxy) is 2. The van der Waals surface area contributed by atoms with Gasteiger partial charge in [-0.05, 0) is 6.92 Å². The molecule has 0 atom stereocenters. The molecule has 1 amide bonds. The van der Waals surface area contributed by atoms with Crippen LogP contribution in [0, 0.1) is 6.92 Å². The number of nitrogens with two attached hydrogens (primary N) is 2. The molecule has 0 aliphatic heterocycles. The maximum absolute atomic E-state index is 11.3. The molecule has 1 rings (SSSR count). The number of aromatic nitrogens is 2. The largest absolute Gasteiger partial charge is 0.464 e. The average Bonchev–Trinajstić information content (AvgIpc) is 2.60. The van der Waals surface area contributed by atoms with E-state index in [-0.39, 0.29) is 24.7 Å². The zero-order valence-corrected chi connectivity index (χ0v) is 10.3. The zero-order chi connectivity index (χ0) is 13.7. The average molecular weight is 256 g/mol. The third-order valence-corrected chi connectivity index (χ3v) is 2.28. The van der Waals surface area contributed by atoms with Gasteiger partial charge in [0.05, 0.1) is 13.7 Å². The fourth-order valence-electron chi connectivity index (χ4n) is 1.44. The number of primary amides is 1. The Morgan fingerprint density at radius 3 is 2.67 bits per heavy atom. The summed E-state index contributed by atoms with van der Waals surface area (Å²) in [5.74, 6) is -0.356. The first-order chi connectivity index (χ1) is 8.47. The minimum absolute atomic E-state index is 0.0740. The lowest BCUT2D eigenvalue weighted by Crippen LogP contribution is -2.20. The lowest BCUT2D eigenvalue weighted by atomic mass is 10.4. The van der Waals surface area contributed by atoms with Crippen LogP contribution in [0.15, 0.2) is 0 Å². The van der Waals surface area contributed by atoms with Crippen molar-refractivity contribution in [2.45, 2.75) is 13.5 Å². The molecule has 100 valence electrons. The molecule has 8 nitrogen and oxygen atoms in total. The third-order valence-electron chi connectivity index (χ3n) is 2.28. The van der Waals surface area contributed by atoms with E-state index in [4.69, 9.17) is 16.2 Å².